The van der Waals surface area contributed by atoms with Crippen LogP contribution in [0.2, 0.25) is 0 Å². The van der Waals surface area contributed by atoms with E-state index in [0.29, 0.717) is 22.9 Å². The van der Waals surface area contributed by atoms with Crippen molar-refractivity contribution in [3.05, 3.63) is 30.3 Å². The fourth-order valence-electron chi connectivity index (χ4n) is 1.83. The number of azo groups is 1. The van der Waals surface area contributed by atoms with Crippen LogP contribution in [0.5, 0.6) is 28.7 Å². The number of hydrogen-bond acceptors (Lipinski definition) is 7. The fraction of sp³-hybridized carbons (Fsp3) is 0.200. The van der Waals surface area contributed by atoms with Crippen molar-refractivity contribution in [3.63, 3.8) is 0 Å². The van der Waals surface area contributed by atoms with Gasteiger partial charge in [-0.1, -0.05) is 0 Å². The van der Waals surface area contributed by atoms with E-state index in [1.165, 1.54) is 39.5 Å². The standard InChI is InChI=1S/C15H16N2O5/c1-20-13-6-9(7-14(21-2)15(13)22-3)16-17-11-5-4-10(18)8-12(11)19/h4-8,18-19H,1-3H3. The van der Waals surface area contributed by atoms with Gasteiger partial charge >= 0.3 is 0 Å². The number of ether oxygens (including phenoxy) is 3. The van der Waals surface area contributed by atoms with Crippen molar-refractivity contribution in [2.45, 2.75) is 0 Å². The average Bonchev–Trinajstić information content (AvgIpc) is 2.52. The first-order chi connectivity index (χ1) is 10.6. The Bertz CT molecular complexity index is 675. The van der Waals surface area contributed by atoms with Gasteiger partial charge in [-0.05, 0) is 12.1 Å². The molecular formula is C15H16N2O5. The zero-order valence-corrected chi connectivity index (χ0v) is 12.4. The van der Waals surface area contributed by atoms with Crippen molar-refractivity contribution in [3.8, 4) is 28.7 Å². The van der Waals surface area contributed by atoms with Crippen LogP contribution >= 0.6 is 0 Å². The van der Waals surface area contributed by atoms with E-state index in [4.69, 9.17) is 14.2 Å². The van der Waals surface area contributed by atoms with Crippen LogP contribution in [0.1, 0.15) is 0 Å². The van der Waals surface area contributed by atoms with E-state index < -0.39 is 0 Å². The summed E-state index contributed by atoms with van der Waals surface area (Å²) < 4.78 is 15.7. The molecule has 22 heavy (non-hydrogen) atoms. The maximum Gasteiger partial charge on any atom is 0.203 e. The number of methoxy groups -OCH3 is 3. The van der Waals surface area contributed by atoms with E-state index in [-0.39, 0.29) is 17.2 Å². The third-order valence-corrected chi connectivity index (χ3v) is 2.88. The smallest absolute Gasteiger partial charge is 0.203 e. The second kappa shape index (κ2) is 6.66. The van der Waals surface area contributed by atoms with Gasteiger partial charge in [0.15, 0.2) is 11.5 Å². The SMILES string of the molecule is COc1cc(N=Nc2ccc(O)cc2O)cc(OC)c1OC. The summed E-state index contributed by atoms with van der Waals surface area (Å²) in [6, 6.07) is 7.30. The first kappa shape index (κ1) is 15.4. The Kier molecular flexibility index (Phi) is 4.67. The average molecular weight is 304 g/mol. The number of hydrogen-bond donors (Lipinski definition) is 2. The third kappa shape index (κ3) is 3.20. The molecule has 0 amide bonds. The van der Waals surface area contributed by atoms with Crippen LogP contribution in [-0.2, 0) is 0 Å². The van der Waals surface area contributed by atoms with Crippen LogP contribution in [-0.4, -0.2) is 31.5 Å². The van der Waals surface area contributed by atoms with Gasteiger partial charge in [0.25, 0.3) is 0 Å². The Hall–Kier alpha value is -2.96. The molecule has 0 aliphatic heterocycles. The molecule has 0 bridgehead atoms. The van der Waals surface area contributed by atoms with Gasteiger partial charge < -0.3 is 24.4 Å². The highest BCUT2D eigenvalue weighted by Crippen LogP contribution is 2.41. The Morgan fingerprint density at radius 1 is 0.818 bits per heavy atom. The van der Waals surface area contributed by atoms with E-state index in [9.17, 15) is 10.2 Å². The molecule has 0 aliphatic rings. The van der Waals surface area contributed by atoms with Gasteiger partial charge in [-0.25, -0.2) is 0 Å². The lowest BCUT2D eigenvalue weighted by Gasteiger charge is -2.12. The van der Waals surface area contributed by atoms with Gasteiger partial charge in [-0.2, -0.15) is 5.11 Å². The zero-order valence-electron chi connectivity index (χ0n) is 12.4. The minimum atomic E-state index is -0.170. The molecule has 0 radical (unpaired) electrons. The summed E-state index contributed by atoms with van der Waals surface area (Å²) in [5.41, 5.74) is 0.688. The van der Waals surface area contributed by atoms with Crippen LogP contribution < -0.4 is 14.2 Å². The van der Waals surface area contributed by atoms with Crippen LogP contribution in [0.25, 0.3) is 0 Å². The molecule has 7 heteroatoms. The molecule has 2 aromatic rings. The molecule has 2 aromatic carbocycles. The van der Waals surface area contributed by atoms with E-state index in [1.807, 2.05) is 0 Å². The topological polar surface area (TPSA) is 92.9 Å². The lowest BCUT2D eigenvalue weighted by atomic mass is 10.2. The maximum atomic E-state index is 9.67. The largest absolute Gasteiger partial charge is 0.508 e. The summed E-state index contributed by atoms with van der Waals surface area (Å²) >= 11 is 0. The first-order valence-electron chi connectivity index (χ1n) is 6.32. The predicted octanol–water partition coefficient (Wildman–Crippen LogP) is 3.54. The molecular weight excluding hydrogens is 288 g/mol. The number of benzene rings is 2. The van der Waals surface area contributed by atoms with Gasteiger partial charge in [0.2, 0.25) is 5.75 Å². The number of nitrogens with zero attached hydrogens (tertiary/aromatic N) is 2. The zero-order chi connectivity index (χ0) is 16.1. The molecule has 0 aromatic heterocycles. The molecule has 7 nitrogen and oxygen atoms in total. The van der Waals surface area contributed by atoms with Crippen LogP contribution in [0, 0.1) is 0 Å². The molecule has 0 aliphatic carbocycles. The van der Waals surface area contributed by atoms with Crippen molar-refractivity contribution in [2.24, 2.45) is 10.2 Å². The molecule has 0 atom stereocenters. The van der Waals surface area contributed by atoms with E-state index in [0.717, 1.165) is 0 Å². The molecule has 0 spiro atoms. The Balaban J connectivity index is 2.38. The molecule has 0 heterocycles. The molecule has 0 unspecified atom stereocenters. The minimum Gasteiger partial charge on any atom is -0.508 e. The van der Waals surface area contributed by atoms with E-state index >= 15 is 0 Å². The quantitative estimate of drug-likeness (QED) is 0.824. The van der Waals surface area contributed by atoms with Crippen molar-refractivity contribution in [1.29, 1.82) is 0 Å². The van der Waals surface area contributed by atoms with Crippen LogP contribution in [0.15, 0.2) is 40.6 Å². The lowest BCUT2D eigenvalue weighted by molar-refractivity contribution is 0.324. The number of aromatic hydroxyl groups is 2. The lowest BCUT2D eigenvalue weighted by Crippen LogP contribution is -1.94. The van der Waals surface area contributed by atoms with Gasteiger partial charge in [-0.15, -0.1) is 5.11 Å². The Labute approximate surface area is 127 Å². The van der Waals surface area contributed by atoms with E-state index in [1.54, 1.807) is 12.1 Å². The second-order valence-corrected chi connectivity index (χ2v) is 4.26. The normalized spacial score (nSPS) is 10.7. The number of phenolic OH excluding ortho intramolecular Hbond substituents is 2. The molecule has 0 saturated heterocycles. The highest BCUT2D eigenvalue weighted by molar-refractivity contribution is 5.60. The molecule has 116 valence electrons. The van der Waals surface area contributed by atoms with Crippen LogP contribution in [0.3, 0.4) is 0 Å². The third-order valence-electron chi connectivity index (χ3n) is 2.88. The highest BCUT2D eigenvalue weighted by Gasteiger charge is 2.13. The summed E-state index contributed by atoms with van der Waals surface area (Å²) in [7, 11) is 4.52. The fourth-order valence-corrected chi connectivity index (χ4v) is 1.83. The Morgan fingerprint density at radius 3 is 1.95 bits per heavy atom. The molecule has 0 saturated carbocycles. The second-order valence-electron chi connectivity index (χ2n) is 4.26. The van der Waals surface area contributed by atoms with Crippen molar-refractivity contribution in [2.75, 3.05) is 21.3 Å². The van der Waals surface area contributed by atoms with Crippen molar-refractivity contribution >= 4 is 11.4 Å². The van der Waals surface area contributed by atoms with Crippen molar-refractivity contribution < 1.29 is 24.4 Å². The summed E-state index contributed by atoms with van der Waals surface area (Å²) in [4.78, 5) is 0. The maximum absolute atomic E-state index is 9.67. The monoisotopic (exact) mass is 304 g/mol. The number of rotatable bonds is 5. The highest BCUT2D eigenvalue weighted by atomic mass is 16.5. The molecule has 2 N–H and O–H groups in total. The molecule has 2 rings (SSSR count). The van der Waals surface area contributed by atoms with Gasteiger partial charge in [0, 0.05) is 18.2 Å². The van der Waals surface area contributed by atoms with Gasteiger partial charge in [0.05, 0.1) is 27.0 Å². The van der Waals surface area contributed by atoms with Crippen molar-refractivity contribution in [1.82, 2.24) is 0 Å². The van der Waals surface area contributed by atoms with Crippen LogP contribution in [0.4, 0.5) is 11.4 Å². The minimum absolute atomic E-state index is 0.0516. The summed E-state index contributed by atoms with van der Waals surface area (Å²) in [5.74, 6) is 1.13. The summed E-state index contributed by atoms with van der Waals surface area (Å²) in [6.45, 7) is 0. The summed E-state index contributed by atoms with van der Waals surface area (Å²) in [5, 5.41) is 26.9. The summed E-state index contributed by atoms with van der Waals surface area (Å²) in [6.07, 6.45) is 0. The predicted molar refractivity (Wildman–Crippen MR) is 80.0 cm³/mol. The van der Waals surface area contributed by atoms with Gasteiger partial charge in [-0.3, -0.25) is 0 Å². The Morgan fingerprint density at radius 2 is 1.45 bits per heavy atom. The van der Waals surface area contributed by atoms with Gasteiger partial charge in [0.1, 0.15) is 17.2 Å². The number of phenols is 2. The first-order valence-corrected chi connectivity index (χ1v) is 6.32. The van der Waals surface area contributed by atoms with E-state index in [2.05, 4.69) is 10.2 Å². The molecule has 0 fully saturated rings.